The monoisotopic (exact) mass is 255 g/mol. The Morgan fingerprint density at radius 2 is 1.74 bits per heavy atom. The summed E-state index contributed by atoms with van der Waals surface area (Å²) in [5.74, 6) is 0.228. The standard InChI is InChI=1S/C14H10FN3O/c15-10-5-3-4-9(8-10)13-17-18-14(19-13)11-6-1-2-7-12(11)16/h1-8H,16H2. The summed E-state index contributed by atoms with van der Waals surface area (Å²) < 4.78 is 18.7. The first-order valence-corrected chi connectivity index (χ1v) is 5.68. The summed E-state index contributed by atoms with van der Waals surface area (Å²) >= 11 is 0. The van der Waals surface area contributed by atoms with Crippen LogP contribution in [0.15, 0.2) is 52.9 Å². The van der Waals surface area contributed by atoms with E-state index in [4.69, 9.17) is 10.2 Å². The highest BCUT2D eigenvalue weighted by Crippen LogP contribution is 2.27. The molecule has 3 rings (SSSR count). The van der Waals surface area contributed by atoms with Gasteiger partial charge in [0.15, 0.2) is 0 Å². The summed E-state index contributed by atoms with van der Waals surface area (Å²) in [5.41, 5.74) is 7.59. The second-order valence-electron chi connectivity index (χ2n) is 4.01. The van der Waals surface area contributed by atoms with Crippen LogP contribution >= 0.6 is 0 Å². The van der Waals surface area contributed by atoms with Gasteiger partial charge >= 0.3 is 0 Å². The zero-order valence-electron chi connectivity index (χ0n) is 9.88. The molecule has 0 spiro atoms. The second kappa shape index (κ2) is 4.53. The van der Waals surface area contributed by atoms with Crippen molar-refractivity contribution in [2.24, 2.45) is 0 Å². The third kappa shape index (κ3) is 2.18. The van der Waals surface area contributed by atoms with E-state index in [1.165, 1.54) is 12.1 Å². The Morgan fingerprint density at radius 1 is 0.947 bits per heavy atom. The van der Waals surface area contributed by atoms with E-state index in [1.807, 2.05) is 12.1 Å². The summed E-state index contributed by atoms with van der Waals surface area (Å²) in [5, 5.41) is 7.84. The lowest BCUT2D eigenvalue weighted by Gasteiger charge is -1.98. The van der Waals surface area contributed by atoms with Crippen molar-refractivity contribution < 1.29 is 8.81 Å². The Bertz CT molecular complexity index is 724. The third-order valence-electron chi connectivity index (χ3n) is 2.69. The number of hydrogen-bond acceptors (Lipinski definition) is 4. The number of nitrogens with zero attached hydrogens (tertiary/aromatic N) is 2. The largest absolute Gasteiger partial charge is 0.416 e. The molecule has 0 fully saturated rings. The number of nitrogen functional groups attached to an aromatic ring is 1. The van der Waals surface area contributed by atoms with E-state index < -0.39 is 0 Å². The molecule has 3 aromatic rings. The lowest BCUT2D eigenvalue weighted by atomic mass is 10.2. The molecule has 0 amide bonds. The van der Waals surface area contributed by atoms with Crippen LogP contribution in [0.5, 0.6) is 0 Å². The minimum atomic E-state index is -0.350. The van der Waals surface area contributed by atoms with Crippen LogP contribution in [0.2, 0.25) is 0 Å². The molecule has 1 heterocycles. The lowest BCUT2D eigenvalue weighted by Crippen LogP contribution is -1.88. The number of halogens is 1. The number of benzene rings is 2. The zero-order valence-corrected chi connectivity index (χ0v) is 9.88. The Balaban J connectivity index is 2.03. The van der Waals surface area contributed by atoms with Gasteiger partial charge in [-0.15, -0.1) is 10.2 Å². The fourth-order valence-electron chi connectivity index (χ4n) is 1.76. The van der Waals surface area contributed by atoms with Crippen LogP contribution in [0.4, 0.5) is 10.1 Å². The summed E-state index contributed by atoms with van der Waals surface area (Å²) in [6, 6.07) is 13.2. The SMILES string of the molecule is Nc1ccccc1-c1nnc(-c2cccc(F)c2)o1. The molecule has 1 aromatic heterocycles. The van der Waals surface area contributed by atoms with Crippen LogP contribution in [0.3, 0.4) is 0 Å². The fraction of sp³-hybridized carbons (Fsp3) is 0. The van der Waals surface area contributed by atoms with Gasteiger partial charge in [-0.1, -0.05) is 18.2 Å². The smallest absolute Gasteiger partial charge is 0.250 e. The predicted molar refractivity (Wildman–Crippen MR) is 69.5 cm³/mol. The van der Waals surface area contributed by atoms with Crippen molar-refractivity contribution in [3.8, 4) is 22.9 Å². The van der Waals surface area contributed by atoms with E-state index in [0.29, 0.717) is 22.7 Å². The molecular weight excluding hydrogens is 245 g/mol. The molecule has 0 unspecified atom stereocenters. The first-order valence-electron chi connectivity index (χ1n) is 5.68. The van der Waals surface area contributed by atoms with Gasteiger partial charge in [-0.2, -0.15) is 0 Å². The van der Waals surface area contributed by atoms with Crippen molar-refractivity contribution in [1.82, 2.24) is 10.2 Å². The van der Waals surface area contributed by atoms with E-state index in [-0.39, 0.29) is 11.7 Å². The molecule has 0 atom stereocenters. The average Bonchev–Trinajstić information content (AvgIpc) is 2.89. The predicted octanol–water partition coefficient (Wildman–Crippen LogP) is 3.12. The molecule has 0 bridgehead atoms. The Morgan fingerprint density at radius 3 is 2.53 bits per heavy atom. The van der Waals surface area contributed by atoms with Gasteiger partial charge in [0.05, 0.1) is 5.56 Å². The molecule has 2 aromatic carbocycles. The summed E-state index contributed by atoms with van der Waals surface area (Å²) in [7, 11) is 0. The van der Waals surface area contributed by atoms with Crippen LogP contribution in [0, 0.1) is 5.82 Å². The quantitative estimate of drug-likeness (QED) is 0.714. The number of hydrogen-bond donors (Lipinski definition) is 1. The Hall–Kier alpha value is -2.69. The molecule has 4 nitrogen and oxygen atoms in total. The zero-order chi connectivity index (χ0) is 13.2. The van der Waals surface area contributed by atoms with Crippen LogP contribution in [0.1, 0.15) is 0 Å². The summed E-state index contributed by atoms with van der Waals surface area (Å²) in [6.07, 6.45) is 0. The molecule has 2 N–H and O–H groups in total. The molecule has 0 saturated heterocycles. The van der Waals surface area contributed by atoms with Gasteiger partial charge < -0.3 is 10.2 Å². The van der Waals surface area contributed by atoms with Gasteiger partial charge in [-0.05, 0) is 30.3 Å². The molecular formula is C14H10FN3O. The van der Waals surface area contributed by atoms with Gasteiger partial charge in [0.25, 0.3) is 0 Å². The maximum atomic E-state index is 13.1. The van der Waals surface area contributed by atoms with Gasteiger partial charge in [0, 0.05) is 11.3 Å². The number of anilines is 1. The van der Waals surface area contributed by atoms with E-state index in [9.17, 15) is 4.39 Å². The van der Waals surface area contributed by atoms with Gasteiger partial charge in [-0.25, -0.2) is 4.39 Å². The molecule has 0 radical (unpaired) electrons. The van der Waals surface area contributed by atoms with Crippen molar-refractivity contribution in [1.29, 1.82) is 0 Å². The van der Waals surface area contributed by atoms with Gasteiger partial charge in [0.1, 0.15) is 5.82 Å². The number of aromatic nitrogens is 2. The third-order valence-corrected chi connectivity index (χ3v) is 2.69. The minimum absolute atomic E-state index is 0.262. The highest BCUT2D eigenvalue weighted by molar-refractivity contribution is 5.70. The molecule has 0 aliphatic carbocycles. The van der Waals surface area contributed by atoms with E-state index >= 15 is 0 Å². The highest BCUT2D eigenvalue weighted by atomic mass is 19.1. The summed E-state index contributed by atoms with van der Waals surface area (Å²) in [6.45, 7) is 0. The fourth-order valence-corrected chi connectivity index (χ4v) is 1.76. The van der Waals surface area contributed by atoms with Crippen molar-refractivity contribution in [2.75, 3.05) is 5.73 Å². The number of para-hydroxylation sites is 1. The molecule has 0 aliphatic rings. The number of nitrogens with two attached hydrogens (primary N) is 1. The van der Waals surface area contributed by atoms with Crippen molar-refractivity contribution in [3.05, 3.63) is 54.3 Å². The molecule has 19 heavy (non-hydrogen) atoms. The first-order chi connectivity index (χ1) is 9.24. The molecule has 0 aliphatic heterocycles. The van der Waals surface area contributed by atoms with Gasteiger partial charge in [-0.3, -0.25) is 0 Å². The van der Waals surface area contributed by atoms with Gasteiger partial charge in [0.2, 0.25) is 11.8 Å². The Kier molecular flexibility index (Phi) is 2.72. The van der Waals surface area contributed by atoms with Crippen molar-refractivity contribution in [2.45, 2.75) is 0 Å². The maximum Gasteiger partial charge on any atom is 0.250 e. The van der Waals surface area contributed by atoms with E-state index in [1.54, 1.807) is 24.3 Å². The lowest BCUT2D eigenvalue weighted by molar-refractivity contribution is 0.582. The molecule has 5 heteroatoms. The second-order valence-corrected chi connectivity index (χ2v) is 4.01. The van der Waals surface area contributed by atoms with Crippen LogP contribution in [-0.2, 0) is 0 Å². The molecule has 0 saturated carbocycles. The van der Waals surface area contributed by atoms with Crippen LogP contribution in [0.25, 0.3) is 22.9 Å². The normalized spacial score (nSPS) is 10.6. The van der Waals surface area contributed by atoms with Crippen molar-refractivity contribution >= 4 is 5.69 Å². The molecule has 94 valence electrons. The van der Waals surface area contributed by atoms with E-state index in [2.05, 4.69) is 10.2 Å². The minimum Gasteiger partial charge on any atom is -0.416 e. The van der Waals surface area contributed by atoms with Crippen molar-refractivity contribution in [3.63, 3.8) is 0 Å². The first kappa shape index (κ1) is 11.4. The average molecular weight is 255 g/mol. The van der Waals surface area contributed by atoms with Crippen LogP contribution in [-0.4, -0.2) is 10.2 Å². The summed E-state index contributed by atoms with van der Waals surface area (Å²) in [4.78, 5) is 0. The Labute approximate surface area is 108 Å². The number of rotatable bonds is 2. The van der Waals surface area contributed by atoms with Crippen LogP contribution < -0.4 is 5.73 Å². The topological polar surface area (TPSA) is 64.9 Å². The van der Waals surface area contributed by atoms with E-state index in [0.717, 1.165) is 0 Å². The highest BCUT2D eigenvalue weighted by Gasteiger charge is 2.12. The maximum absolute atomic E-state index is 13.1.